The summed E-state index contributed by atoms with van der Waals surface area (Å²) < 4.78 is 0. The maximum atomic E-state index is 3.72. The minimum absolute atomic E-state index is 0.0520. The summed E-state index contributed by atoms with van der Waals surface area (Å²) in [5.74, 6) is 0. The first-order valence-corrected chi connectivity index (χ1v) is 9.23. The van der Waals surface area contributed by atoms with Crippen LogP contribution >= 0.6 is 0 Å². The second kappa shape index (κ2) is 4.56. The zero-order chi connectivity index (χ0) is 17.5. The Morgan fingerprint density at radius 2 is 1.50 bits per heavy atom. The highest BCUT2D eigenvalue weighted by molar-refractivity contribution is 6.13. The van der Waals surface area contributed by atoms with Crippen LogP contribution in [0.4, 0.5) is 0 Å². The fourth-order valence-electron chi connectivity index (χ4n) is 5.01. The molecule has 1 N–H and O–H groups in total. The molecule has 4 aromatic carbocycles. The van der Waals surface area contributed by atoms with Gasteiger partial charge in [0, 0.05) is 21.7 Å². The fourth-order valence-corrected chi connectivity index (χ4v) is 5.01. The Labute approximate surface area is 152 Å². The molecule has 0 fully saturated rings. The van der Waals surface area contributed by atoms with Crippen molar-refractivity contribution < 1.29 is 0 Å². The third kappa shape index (κ3) is 1.56. The summed E-state index contributed by atoms with van der Waals surface area (Å²) in [6.07, 6.45) is 0. The van der Waals surface area contributed by atoms with Gasteiger partial charge in [0.25, 0.3) is 0 Å². The highest BCUT2D eigenvalue weighted by atomic mass is 14.7. The van der Waals surface area contributed by atoms with Crippen LogP contribution in [0.1, 0.15) is 25.0 Å². The first-order valence-electron chi connectivity index (χ1n) is 9.23. The van der Waals surface area contributed by atoms with E-state index in [1.165, 1.54) is 54.8 Å². The molecular formula is C25H19N. The number of para-hydroxylation sites is 1. The second-order valence-corrected chi connectivity index (χ2v) is 7.92. The molecular weight excluding hydrogens is 314 g/mol. The number of aromatic nitrogens is 1. The number of nitrogens with one attached hydrogen (secondary N) is 1. The number of hydrogen-bond donors (Lipinski definition) is 1. The van der Waals surface area contributed by atoms with Crippen molar-refractivity contribution >= 4 is 32.6 Å². The quantitative estimate of drug-likeness (QED) is 0.321. The van der Waals surface area contributed by atoms with E-state index in [-0.39, 0.29) is 5.41 Å². The molecule has 1 aliphatic rings. The molecule has 1 heterocycles. The summed E-state index contributed by atoms with van der Waals surface area (Å²) in [5, 5.41) is 5.36. The first-order chi connectivity index (χ1) is 12.7. The molecule has 124 valence electrons. The second-order valence-electron chi connectivity index (χ2n) is 7.92. The molecule has 1 aromatic heterocycles. The van der Waals surface area contributed by atoms with Gasteiger partial charge in [-0.2, -0.15) is 0 Å². The van der Waals surface area contributed by atoms with Crippen LogP contribution in [0.25, 0.3) is 43.7 Å². The van der Waals surface area contributed by atoms with Gasteiger partial charge < -0.3 is 4.98 Å². The van der Waals surface area contributed by atoms with E-state index < -0.39 is 0 Å². The van der Waals surface area contributed by atoms with Crippen LogP contribution in [0.2, 0.25) is 0 Å². The average Bonchev–Trinajstić information content (AvgIpc) is 3.04. The molecule has 0 amide bonds. The summed E-state index contributed by atoms with van der Waals surface area (Å²) >= 11 is 0. The van der Waals surface area contributed by atoms with Gasteiger partial charge in [0.1, 0.15) is 0 Å². The van der Waals surface area contributed by atoms with Crippen LogP contribution < -0.4 is 0 Å². The highest BCUT2D eigenvalue weighted by Crippen LogP contribution is 2.51. The normalized spacial score (nSPS) is 14.8. The van der Waals surface area contributed by atoms with Gasteiger partial charge in [-0.15, -0.1) is 0 Å². The molecule has 0 aliphatic heterocycles. The van der Waals surface area contributed by atoms with Crippen molar-refractivity contribution in [3.8, 4) is 11.1 Å². The van der Waals surface area contributed by atoms with Gasteiger partial charge >= 0.3 is 0 Å². The molecule has 1 aliphatic carbocycles. The van der Waals surface area contributed by atoms with Crippen molar-refractivity contribution in [2.75, 3.05) is 0 Å². The number of hydrogen-bond acceptors (Lipinski definition) is 0. The zero-order valence-electron chi connectivity index (χ0n) is 14.9. The third-order valence-electron chi connectivity index (χ3n) is 6.18. The Hall–Kier alpha value is -3.06. The standard InChI is InChI=1S/C25H19N/c1-25(2)20-11-6-8-15-7-5-10-17(22(15)20)18-13-14-19-16-9-3-4-12-21(16)26-24(19)23(18)25/h3-14,26H,1-2H3. The van der Waals surface area contributed by atoms with E-state index in [0.717, 1.165) is 0 Å². The summed E-state index contributed by atoms with van der Waals surface area (Å²) in [7, 11) is 0. The number of aromatic amines is 1. The van der Waals surface area contributed by atoms with Crippen LogP contribution in [-0.2, 0) is 5.41 Å². The Morgan fingerprint density at radius 1 is 0.692 bits per heavy atom. The predicted octanol–water partition coefficient (Wildman–Crippen LogP) is 6.78. The van der Waals surface area contributed by atoms with Gasteiger partial charge in [0.15, 0.2) is 0 Å². The molecule has 0 bridgehead atoms. The summed E-state index contributed by atoms with van der Waals surface area (Å²) in [5.41, 5.74) is 7.99. The molecule has 1 heteroatoms. The molecule has 0 atom stereocenters. The maximum Gasteiger partial charge on any atom is 0.0512 e. The predicted molar refractivity (Wildman–Crippen MR) is 111 cm³/mol. The number of benzene rings is 4. The van der Waals surface area contributed by atoms with E-state index >= 15 is 0 Å². The van der Waals surface area contributed by atoms with E-state index in [1.54, 1.807) is 0 Å². The molecule has 6 rings (SSSR count). The Morgan fingerprint density at radius 3 is 2.38 bits per heavy atom. The van der Waals surface area contributed by atoms with E-state index in [0.29, 0.717) is 0 Å². The van der Waals surface area contributed by atoms with E-state index in [4.69, 9.17) is 0 Å². The Balaban J connectivity index is 1.87. The first kappa shape index (κ1) is 14.1. The molecule has 5 aromatic rings. The van der Waals surface area contributed by atoms with E-state index in [2.05, 4.69) is 91.6 Å². The fraction of sp³-hybridized carbons (Fsp3) is 0.120. The van der Waals surface area contributed by atoms with Crippen LogP contribution in [0.3, 0.4) is 0 Å². The molecule has 26 heavy (non-hydrogen) atoms. The summed E-state index contributed by atoms with van der Waals surface area (Å²) in [6, 6.07) is 26.6. The van der Waals surface area contributed by atoms with Crippen LogP contribution in [0, 0.1) is 0 Å². The lowest BCUT2D eigenvalue weighted by molar-refractivity contribution is 0.650. The lowest BCUT2D eigenvalue weighted by Gasteiger charge is -2.35. The van der Waals surface area contributed by atoms with Crippen LogP contribution in [0.15, 0.2) is 72.8 Å². The number of fused-ring (bicyclic) bond motifs is 6. The highest BCUT2D eigenvalue weighted by Gasteiger charge is 2.35. The third-order valence-corrected chi connectivity index (χ3v) is 6.18. The van der Waals surface area contributed by atoms with E-state index in [1.807, 2.05) is 0 Å². The minimum atomic E-state index is -0.0520. The Kier molecular flexibility index (Phi) is 2.48. The largest absolute Gasteiger partial charge is 0.354 e. The van der Waals surface area contributed by atoms with E-state index in [9.17, 15) is 0 Å². The van der Waals surface area contributed by atoms with Gasteiger partial charge in [0.2, 0.25) is 0 Å². The van der Waals surface area contributed by atoms with Gasteiger partial charge in [-0.05, 0) is 39.1 Å². The SMILES string of the molecule is CC1(C)c2c(ccc3c2[nH]c2ccccc23)-c2cccc3cccc1c23. The van der Waals surface area contributed by atoms with Crippen LogP contribution in [0.5, 0.6) is 0 Å². The van der Waals surface area contributed by atoms with Crippen molar-refractivity contribution in [3.05, 3.63) is 83.9 Å². The van der Waals surface area contributed by atoms with Crippen molar-refractivity contribution in [1.82, 2.24) is 4.98 Å². The van der Waals surface area contributed by atoms with Crippen molar-refractivity contribution in [3.63, 3.8) is 0 Å². The monoisotopic (exact) mass is 333 g/mol. The van der Waals surface area contributed by atoms with Gasteiger partial charge in [-0.3, -0.25) is 0 Å². The molecule has 0 saturated carbocycles. The zero-order valence-corrected chi connectivity index (χ0v) is 14.9. The lowest BCUT2D eigenvalue weighted by Crippen LogP contribution is -2.24. The molecule has 1 nitrogen and oxygen atoms in total. The average molecular weight is 333 g/mol. The van der Waals surface area contributed by atoms with Crippen LogP contribution in [-0.4, -0.2) is 4.98 Å². The van der Waals surface area contributed by atoms with Gasteiger partial charge in [-0.1, -0.05) is 80.6 Å². The Bertz CT molecular complexity index is 1350. The number of H-pyrrole nitrogens is 1. The van der Waals surface area contributed by atoms with Gasteiger partial charge in [0.05, 0.1) is 5.52 Å². The van der Waals surface area contributed by atoms with Gasteiger partial charge in [-0.25, -0.2) is 0 Å². The topological polar surface area (TPSA) is 15.8 Å². The molecule has 0 spiro atoms. The summed E-state index contributed by atoms with van der Waals surface area (Å²) in [4.78, 5) is 3.72. The van der Waals surface area contributed by atoms with Crippen molar-refractivity contribution in [2.45, 2.75) is 19.3 Å². The molecule has 0 unspecified atom stereocenters. The molecule has 0 radical (unpaired) electrons. The smallest absolute Gasteiger partial charge is 0.0512 e. The molecule has 0 saturated heterocycles. The van der Waals surface area contributed by atoms with Crippen molar-refractivity contribution in [2.24, 2.45) is 0 Å². The summed E-state index contributed by atoms with van der Waals surface area (Å²) in [6.45, 7) is 4.73. The minimum Gasteiger partial charge on any atom is -0.354 e. The maximum absolute atomic E-state index is 3.72. The number of rotatable bonds is 0. The lowest BCUT2D eigenvalue weighted by atomic mass is 9.68. The van der Waals surface area contributed by atoms with Crippen molar-refractivity contribution in [1.29, 1.82) is 0 Å².